The number of likely N-dealkylation sites (tertiary alicyclic amines) is 1. The maximum atomic E-state index is 11.9. The Labute approximate surface area is 145 Å². The van der Waals surface area contributed by atoms with E-state index < -0.39 is 6.10 Å². The van der Waals surface area contributed by atoms with E-state index in [0.717, 1.165) is 38.3 Å². The number of aromatic nitrogens is 3. The predicted molar refractivity (Wildman–Crippen MR) is 92.7 cm³/mol. The van der Waals surface area contributed by atoms with Crippen molar-refractivity contribution in [2.75, 3.05) is 25.0 Å². The molecule has 1 saturated heterocycles. The Hall–Kier alpha value is -1.77. The lowest BCUT2D eigenvalue weighted by Crippen LogP contribution is -2.37. The summed E-state index contributed by atoms with van der Waals surface area (Å²) in [6, 6.07) is 0. The van der Waals surface area contributed by atoms with E-state index in [1.807, 2.05) is 23.2 Å². The zero-order valence-corrected chi connectivity index (χ0v) is 14.6. The van der Waals surface area contributed by atoms with Crippen molar-refractivity contribution in [2.24, 2.45) is 13.0 Å². The molecule has 8 heteroatoms. The number of amides is 1. The largest absolute Gasteiger partial charge is 0.385 e. The molecule has 3 heterocycles. The Morgan fingerprint density at radius 3 is 2.83 bits per heavy atom. The molecule has 1 fully saturated rings. The monoisotopic (exact) mass is 349 g/mol. The number of anilines is 1. The third kappa shape index (κ3) is 4.19. The number of hydrogen-bond donors (Lipinski definition) is 2. The molecule has 1 aliphatic heterocycles. The van der Waals surface area contributed by atoms with Crippen LogP contribution in [0.15, 0.2) is 24.0 Å². The van der Waals surface area contributed by atoms with Gasteiger partial charge in [0, 0.05) is 44.0 Å². The number of carbonyl (C=O) groups is 1. The summed E-state index contributed by atoms with van der Waals surface area (Å²) < 4.78 is 1.87. The Morgan fingerprint density at radius 2 is 2.21 bits per heavy atom. The van der Waals surface area contributed by atoms with Gasteiger partial charge >= 0.3 is 0 Å². The molecular formula is C16H23N5O2S. The molecule has 2 aromatic rings. The number of imidazole rings is 1. The van der Waals surface area contributed by atoms with E-state index >= 15 is 0 Å². The highest BCUT2D eigenvalue weighted by Crippen LogP contribution is 2.29. The van der Waals surface area contributed by atoms with Crippen molar-refractivity contribution in [3.05, 3.63) is 29.8 Å². The number of piperidine rings is 1. The molecule has 1 atom stereocenters. The Morgan fingerprint density at radius 1 is 1.42 bits per heavy atom. The van der Waals surface area contributed by atoms with Gasteiger partial charge in [0.05, 0.1) is 0 Å². The first-order valence-electron chi connectivity index (χ1n) is 8.20. The van der Waals surface area contributed by atoms with Gasteiger partial charge in [0.25, 0.3) is 0 Å². The Bertz CT molecular complexity index is 649. The molecule has 7 nitrogen and oxygen atoms in total. The van der Waals surface area contributed by atoms with Gasteiger partial charge in [0.15, 0.2) is 5.13 Å². The van der Waals surface area contributed by atoms with Crippen LogP contribution in [0.1, 0.15) is 31.2 Å². The van der Waals surface area contributed by atoms with Crippen LogP contribution in [0.2, 0.25) is 0 Å². The third-order valence-corrected chi connectivity index (χ3v) is 5.22. The van der Waals surface area contributed by atoms with Crippen LogP contribution in [0, 0.1) is 5.92 Å². The standard InChI is InChI=1S/C16H23N5O2S/c1-20-10-5-17-15(20)14(23)12-2-7-21(8-3-12)9-4-13(22)19-16-18-6-11-24-16/h5-6,10-12,14,23H,2-4,7-9H2,1H3,(H,18,19,22)/t14-/m1/s1. The minimum atomic E-state index is -0.514. The number of nitrogens with one attached hydrogen (secondary N) is 1. The lowest BCUT2D eigenvalue weighted by molar-refractivity contribution is -0.116. The van der Waals surface area contributed by atoms with Crippen LogP contribution in [0.4, 0.5) is 5.13 Å². The number of hydrogen-bond acceptors (Lipinski definition) is 6. The maximum absolute atomic E-state index is 11.9. The molecule has 1 amide bonds. The first kappa shape index (κ1) is 17.1. The second-order valence-electron chi connectivity index (χ2n) is 6.16. The average Bonchev–Trinajstić information content (AvgIpc) is 3.24. The van der Waals surface area contributed by atoms with Crippen molar-refractivity contribution in [1.29, 1.82) is 0 Å². The first-order valence-corrected chi connectivity index (χ1v) is 9.08. The van der Waals surface area contributed by atoms with E-state index in [4.69, 9.17) is 0 Å². The van der Waals surface area contributed by atoms with Gasteiger partial charge in [-0.05, 0) is 31.8 Å². The van der Waals surface area contributed by atoms with E-state index in [0.29, 0.717) is 11.6 Å². The quantitative estimate of drug-likeness (QED) is 0.828. The van der Waals surface area contributed by atoms with Crippen LogP contribution < -0.4 is 5.32 Å². The van der Waals surface area contributed by atoms with E-state index in [1.54, 1.807) is 12.4 Å². The summed E-state index contributed by atoms with van der Waals surface area (Å²) in [5.74, 6) is 0.961. The number of nitrogens with zero attached hydrogens (tertiary/aromatic N) is 4. The minimum absolute atomic E-state index is 0.000110. The van der Waals surface area contributed by atoms with E-state index in [9.17, 15) is 9.90 Å². The summed E-state index contributed by atoms with van der Waals surface area (Å²) in [6.45, 7) is 2.54. The molecule has 0 spiro atoms. The van der Waals surface area contributed by atoms with Gasteiger partial charge in [0.1, 0.15) is 11.9 Å². The molecule has 24 heavy (non-hydrogen) atoms. The van der Waals surface area contributed by atoms with Gasteiger partial charge in [-0.1, -0.05) is 0 Å². The summed E-state index contributed by atoms with van der Waals surface area (Å²) in [7, 11) is 1.90. The van der Waals surface area contributed by atoms with Crippen LogP contribution in [-0.2, 0) is 11.8 Å². The molecule has 0 aliphatic carbocycles. The molecule has 0 radical (unpaired) electrons. The third-order valence-electron chi connectivity index (χ3n) is 4.54. The van der Waals surface area contributed by atoms with Crippen molar-refractivity contribution < 1.29 is 9.90 Å². The highest BCUT2D eigenvalue weighted by atomic mass is 32.1. The molecule has 2 aromatic heterocycles. The highest BCUT2D eigenvalue weighted by molar-refractivity contribution is 7.13. The number of carbonyl (C=O) groups excluding carboxylic acids is 1. The fourth-order valence-corrected chi connectivity index (χ4v) is 3.64. The molecule has 2 N–H and O–H groups in total. The molecule has 0 unspecified atom stereocenters. The van der Waals surface area contributed by atoms with Crippen LogP contribution in [0.25, 0.3) is 0 Å². The normalized spacial score (nSPS) is 17.8. The highest BCUT2D eigenvalue weighted by Gasteiger charge is 2.28. The smallest absolute Gasteiger partial charge is 0.227 e. The number of aliphatic hydroxyl groups excluding tert-OH is 1. The number of aryl methyl sites for hydroxylation is 1. The zero-order chi connectivity index (χ0) is 16.9. The molecule has 1 aliphatic rings. The summed E-state index contributed by atoms with van der Waals surface area (Å²) in [6.07, 6.45) is 7.04. The molecule has 0 aromatic carbocycles. The van der Waals surface area contributed by atoms with Gasteiger partial charge < -0.3 is 19.9 Å². The predicted octanol–water partition coefficient (Wildman–Crippen LogP) is 1.65. The number of rotatable bonds is 6. The summed E-state index contributed by atoms with van der Waals surface area (Å²) in [5.41, 5.74) is 0. The van der Waals surface area contributed by atoms with Gasteiger partial charge in [-0.25, -0.2) is 9.97 Å². The maximum Gasteiger partial charge on any atom is 0.227 e. The van der Waals surface area contributed by atoms with Crippen molar-refractivity contribution in [1.82, 2.24) is 19.4 Å². The van der Waals surface area contributed by atoms with E-state index in [-0.39, 0.29) is 11.8 Å². The van der Waals surface area contributed by atoms with Gasteiger partial charge in [-0.2, -0.15) is 0 Å². The zero-order valence-electron chi connectivity index (χ0n) is 13.8. The Balaban J connectivity index is 1.40. The SMILES string of the molecule is Cn1ccnc1[C@H](O)C1CCN(CCC(=O)Nc2nccs2)CC1. The number of thiazole rings is 1. The van der Waals surface area contributed by atoms with E-state index in [1.165, 1.54) is 11.3 Å². The van der Waals surface area contributed by atoms with Crippen LogP contribution in [0.3, 0.4) is 0 Å². The molecule has 0 saturated carbocycles. The van der Waals surface area contributed by atoms with Crippen LogP contribution >= 0.6 is 11.3 Å². The van der Waals surface area contributed by atoms with E-state index in [2.05, 4.69) is 20.2 Å². The summed E-state index contributed by atoms with van der Waals surface area (Å²) >= 11 is 1.42. The topological polar surface area (TPSA) is 83.3 Å². The van der Waals surface area contributed by atoms with Crippen molar-refractivity contribution in [3.8, 4) is 0 Å². The van der Waals surface area contributed by atoms with Crippen molar-refractivity contribution in [2.45, 2.75) is 25.4 Å². The van der Waals surface area contributed by atoms with Crippen molar-refractivity contribution >= 4 is 22.4 Å². The minimum Gasteiger partial charge on any atom is -0.385 e. The molecular weight excluding hydrogens is 326 g/mol. The van der Waals surface area contributed by atoms with Gasteiger partial charge in [0.2, 0.25) is 5.91 Å². The summed E-state index contributed by atoms with van der Waals surface area (Å²) in [5, 5.41) is 15.8. The second kappa shape index (κ2) is 7.87. The molecule has 130 valence electrons. The van der Waals surface area contributed by atoms with Crippen LogP contribution in [-0.4, -0.2) is 50.1 Å². The number of aliphatic hydroxyl groups is 1. The molecule has 3 rings (SSSR count). The molecule has 0 bridgehead atoms. The van der Waals surface area contributed by atoms with Gasteiger partial charge in [-0.15, -0.1) is 11.3 Å². The van der Waals surface area contributed by atoms with Gasteiger partial charge in [-0.3, -0.25) is 4.79 Å². The average molecular weight is 349 g/mol. The lowest BCUT2D eigenvalue weighted by atomic mass is 9.90. The second-order valence-corrected chi connectivity index (χ2v) is 7.05. The lowest BCUT2D eigenvalue weighted by Gasteiger charge is -2.33. The van der Waals surface area contributed by atoms with Crippen LogP contribution in [0.5, 0.6) is 0 Å². The van der Waals surface area contributed by atoms with Crippen molar-refractivity contribution in [3.63, 3.8) is 0 Å². The fourth-order valence-electron chi connectivity index (χ4n) is 3.09. The fraction of sp³-hybridized carbons (Fsp3) is 0.562. The Kier molecular flexibility index (Phi) is 5.60. The summed E-state index contributed by atoms with van der Waals surface area (Å²) in [4.78, 5) is 22.5. The first-order chi connectivity index (χ1) is 11.6.